The zero-order chi connectivity index (χ0) is 10.1. The molecule has 0 atom stereocenters. The van der Waals surface area contributed by atoms with Crippen molar-refractivity contribution < 1.29 is 9.53 Å². The number of carbonyl (C=O) groups excluding carboxylic acids is 1. The molecule has 0 fully saturated rings. The Morgan fingerprint density at radius 2 is 2.15 bits per heavy atom. The van der Waals surface area contributed by atoms with Gasteiger partial charge in [-0.25, -0.2) is 9.10 Å². The number of rotatable bonds is 6. The van der Waals surface area contributed by atoms with Gasteiger partial charge in [-0.1, -0.05) is 26.2 Å². The Bertz CT molecular complexity index is 146. The molecule has 13 heavy (non-hydrogen) atoms. The van der Waals surface area contributed by atoms with Crippen molar-refractivity contribution in [2.75, 3.05) is 13.7 Å². The van der Waals surface area contributed by atoms with Crippen molar-refractivity contribution in [3.8, 4) is 0 Å². The largest absolute Gasteiger partial charge is 0.449 e. The maximum absolute atomic E-state index is 11.0. The van der Waals surface area contributed by atoms with Crippen LogP contribution in [0.4, 0.5) is 4.79 Å². The molecule has 0 aromatic rings. The Morgan fingerprint density at radius 1 is 1.46 bits per heavy atom. The molecule has 0 aromatic carbocycles. The zero-order valence-corrected chi connectivity index (χ0v) is 9.66. The van der Waals surface area contributed by atoms with Gasteiger partial charge in [0.1, 0.15) is 0 Å². The van der Waals surface area contributed by atoms with Crippen LogP contribution in [-0.4, -0.2) is 24.1 Å². The Morgan fingerprint density at radius 3 is 2.69 bits per heavy atom. The van der Waals surface area contributed by atoms with E-state index in [9.17, 15) is 4.79 Å². The van der Waals surface area contributed by atoms with Crippen LogP contribution in [0.1, 0.15) is 32.6 Å². The Labute approximate surface area is 88.4 Å². The molecule has 0 radical (unpaired) electrons. The fourth-order valence-corrected chi connectivity index (χ4v) is 1.09. The van der Waals surface area contributed by atoms with Gasteiger partial charge in [-0.05, 0) is 17.1 Å². The van der Waals surface area contributed by atoms with Crippen molar-refractivity contribution >= 4 is 27.9 Å². The molecule has 0 saturated heterocycles. The Kier molecular flexibility index (Phi) is 8.45. The summed E-state index contributed by atoms with van der Waals surface area (Å²) in [6.45, 7) is 2.63. The lowest BCUT2D eigenvalue weighted by molar-refractivity contribution is 0.131. The number of carbonyl (C=O) groups is 1. The number of ether oxygens (including phenoxy) is 1. The SMILES string of the molecule is CCCCCCOC(=O)N(C)SCl. The van der Waals surface area contributed by atoms with E-state index in [-0.39, 0.29) is 6.09 Å². The molecule has 0 N–H and O–H groups in total. The maximum Gasteiger partial charge on any atom is 0.420 e. The molecule has 0 heterocycles. The van der Waals surface area contributed by atoms with E-state index in [2.05, 4.69) is 6.92 Å². The maximum atomic E-state index is 11.0. The Hall–Kier alpha value is -0.0900. The third-order valence-electron chi connectivity index (χ3n) is 1.58. The average Bonchev–Trinajstić information content (AvgIpc) is 2.16. The quantitative estimate of drug-likeness (QED) is 0.512. The topological polar surface area (TPSA) is 29.5 Å². The third-order valence-corrected chi connectivity index (χ3v) is 2.56. The standard InChI is InChI=1S/C8H16ClNO2S/c1-3-4-5-6-7-12-8(11)10(2)13-9/h3-7H2,1-2H3. The number of halogens is 1. The number of hydrogen-bond donors (Lipinski definition) is 0. The molecule has 78 valence electrons. The highest BCUT2D eigenvalue weighted by atomic mass is 35.7. The normalized spacial score (nSPS) is 9.77. The number of nitrogens with zero attached hydrogens (tertiary/aromatic N) is 1. The van der Waals surface area contributed by atoms with Gasteiger partial charge in [0.2, 0.25) is 0 Å². The number of amides is 1. The molecule has 0 rings (SSSR count). The van der Waals surface area contributed by atoms with Crippen molar-refractivity contribution in [3.05, 3.63) is 0 Å². The van der Waals surface area contributed by atoms with E-state index < -0.39 is 0 Å². The summed E-state index contributed by atoms with van der Waals surface area (Å²) in [5.41, 5.74) is 0. The molecule has 0 bridgehead atoms. The first-order valence-electron chi connectivity index (χ1n) is 4.41. The summed E-state index contributed by atoms with van der Waals surface area (Å²) in [6, 6.07) is 0. The first-order chi connectivity index (χ1) is 6.22. The molecule has 1 amide bonds. The van der Waals surface area contributed by atoms with Gasteiger partial charge in [0, 0.05) is 7.05 Å². The van der Waals surface area contributed by atoms with Gasteiger partial charge in [-0.3, -0.25) is 0 Å². The average molecular weight is 226 g/mol. The summed E-state index contributed by atoms with van der Waals surface area (Å²) in [5, 5.41) is 0. The molecule has 0 unspecified atom stereocenters. The van der Waals surface area contributed by atoms with Crippen molar-refractivity contribution in [2.45, 2.75) is 32.6 Å². The first kappa shape index (κ1) is 12.9. The molecular weight excluding hydrogens is 210 g/mol. The van der Waals surface area contributed by atoms with Gasteiger partial charge in [-0.15, -0.1) is 0 Å². The van der Waals surface area contributed by atoms with Gasteiger partial charge in [0.15, 0.2) is 0 Å². The molecule has 0 aliphatic rings. The summed E-state index contributed by atoms with van der Waals surface area (Å²) in [6.07, 6.45) is 4.04. The summed E-state index contributed by atoms with van der Waals surface area (Å²) in [4.78, 5) is 11.0. The second-order valence-electron chi connectivity index (χ2n) is 2.74. The van der Waals surface area contributed by atoms with Crippen LogP contribution in [0.5, 0.6) is 0 Å². The van der Waals surface area contributed by atoms with Crippen LogP contribution in [0.2, 0.25) is 0 Å². The summed E-state index contributed by atoms with van der Waals surface area (Å²) < 4.78 is 6.17. The lowest BCUT2D eigenvalue weighted by atomic mass is 10.2. The minimum Gasteiger partial charge on any atom is -0.449 e. The van der Waals surface area contributed by atoms with Gasteiger partial charge in [-0.2, -0.15) is 0 Å². The lowest BCUT2D eigenvalue weighted by Gasteiger charge is -2.11. The van der Waals surface area contributed by atoms with Crippen molar-refractivity contribution in [1.82, 2.24) is 4.31 Å². The van der Waals surface area contributed by atoms with Crippen molar-refractivity contribution in [2.24, 2.45) is 0 Å². The first-order valence-corrected chi connectivity index (χ1v) is 6.01. The highest BCUT2D eigenvalue weighted by molar-refractivity contribution is 8.19. The van der Waals surface area contributed by atoms with Crippen molar-refractivity contribution in [1.29, 1.82) is 0 Å². The van der Waals surface area contributed by atoms with Crippen LogP contribution in [0.25, 0.3) is 0 Å². The molecule has 0 aromatic heterocycles. The van der Waals surface area contributed by atoms with Crippen LogP contribution in [0.15, 0.2) is 0 Å². The minimum absolute atomic E-state index is 0.378. The van der Waals surface area contributed by atoms with Gasteiger partial charge >= 0.3 is 6.09 Å². The highest BCUT2D eigenvalue weighted by Gasteiger charge is 2.08. The van der Waals surface area contributed by atoms with E-state index in [4.69, 9.17) is 15.4 Å². The molecule has 0 aliphatic carbocycles. The number of hydrogen-bond acceptors (Lipinski definition) is 3. The zero-order valence-electron chi connectivity index (χ0n) is 8.09. The smallest absolute Gasteiger partial charge is 0.420 e. The van der Waals surface area contributed by atoms with E-state index in [1.165, 1.54) is 17.1 Å². The number of unbranched alkanes of at least 4 members (excludes halogenated alkanes) is 3. The second-order valence-corrected chi connectivity index (χ2v) is 3.84. The lowest BCUT2D eigenvalue weighted by Crippen LogP contribution is -2.19. The van der Waals surface area contributed by atoms with E-state index in [1.54, 1.807) is 7.05 Å². The fraction of sp³-hybridized carbons (Fsp3) is 0.875. The molecule has 5 heteroatoms. The third kappa shape index (κ3) is 7.02. The van der Waals surface area contributed by atoms with Crippen LogP contribution < -0.4 is 0 Å². The Balaban J connectivity index is 3.27. The second kappa shape index (κ2) is 8.51. The van der Waals surface area contributed by atoms with Crippen molar-refractivity contribution in [3.63, 3.8) is 0 Å². The molecule has 0 saturated carbocycles. The van der Waals surface area contributed by atoms with Crippen LogP contribution in [0.3, 0.4) is 0 Å². The molecule has 3 nitrogen and oxygen atoms in total. The van der Waals surface area contributed by atoms with Gasteiger partial charge < -0.3 is 4.74 Å². The molecule has 0 spiro atoms. The predicted octanol–water partition coefficient (Wildman–Crippen LogP) is 3.44. The highest BCUT2D eigenvalue weighted by Crippen LogP contribution is 2.12. The summed E-state index contributed by atoms with van der Waals surface area (Å²) >= 11 is 0.832. The van der Waals surface area contributed by atoms with Crippen LogP contribution in [0, 0.1) is 0 Å². The molecule has 0 aliphatic heterocycles. The van der Waals surface area contributed by atoms with E-state index in [0.29, 0.717) is 6.61 Å². The predicted molar refractivity (Wildman–Crippen MR) is 56.7 cm³/mol. The summed E-state index contributed by atoms with van der Waals surface area (Å²) in [5.74, 6) is 0. The van der Waals surface area contributed by atoms with Crippen LogP contribution in [-0.2, 0) is 4.74 Å². The summed E-state index contributed by atoms with van der Waals surface area (Å²) in [7, 11) is 6.93. The van der Waals surface area contributed by atoms with Gasteiger partial charge in [0.25, 0.3) is 0 Å². The van der Waals surface area contributed by atoms with Crippen LogP contribution >= 0.6 is 21.8 Å². The van der Waals surface area contributed by atoms with E-state index in [0.717, 1.165) is 24.0 Å². The van der Waals surface area contributed by atoms with E-state index >= 15 is 0 Å². The fourth-order valence-electron chi connectivity index (χ4n) is 0.807. The van der Waals surface area contributed by atoms with E-state index in [1.807, 2.05) is 0 Å². The minimum atomic E-state index is -0.378. The monoisotopic (exact) mass is 225 g/mol. The van der Waals surface area contributed by atoms with Gasteiger partial charge in [0.05, 0.1) is 17.8 Å². The molecular formula is C8H16ClNO2S.